The molecule has 0 aromatic heterocycles. The molecule has 0 aromatic carbocycles. The Hall–Kier alpha value is -1.20. The molecule has 0 rings (SSSR count). The summed E-state index contributed by atoms with van der Waals surface area (Å²) < 4.78 is 0. The predicted octanol–water partition coefficient (Wildman–Crippen LogP) is 0.102. The first-order valence-corrected chi connectivity index (χ1v) is 4.41. The number of nitrogens with one attached hydrogen (secondary N) is 1. The monoisotopic (exact) mass is 199 g/mol. The summed E-state index contributed by atoms with van der Waals surface area (Å²) in [6.07, 6.45) is 2.74. The number of nitrogens with two attached hydrogens (primary N) is 2. The van der Waals surface area contributed by atoms with Gasteiger partial charge in [-0.25, -0.2) is 0 Å². The molecule has 5 nitrogen and oxygen atoms in total. The van der Waals surface area contributed by atoms with Crippen molar-refractivity contribution in [3.8, 4) is 0 Å². The fourth-order valence-corrected chi connectivity index (χ4v) is 0.964. The van der Waals surface area contributed by atoms with Gasteiger partial charge < -0.3 is 22.0 Å². The van der Waals surface area contributed by atoms with Crippen LogP contribution in [-0.4, -0.2) is 28.9 Å². The number of rotatable bonds is 7. The summed E-state index contributed by atoms with van der Waals surface area (Å²) in [5.41, 5.74) is 11.3. The molecule has 80 valence electrons. The van der Waals surface area contributed by atoms with Crippen LogP contribution in [0, 0.1) is 5.41 Å². The maximum atomic E-state index is 10.4. The van der Waals surface area contributed by atoms with Gasteiger partial charge in [-0.2, -0.15) is 0 Å². The average Bonchev–Trinajstić information content (AvgIpc) is 2.13. The molecular formula is C9H17N3O2. The third-order valence-electron chi connectivity index (χ3n) is 1.92. The van der Waals surface area contributed by atoms with Crippen molar-refractivity contribution in [3.05, 3.63) is 12.7 Å². The standard InChI is InChI=1S/C9H17N3O2/c1-2-3-6(10)7(11)4-5-8(12)9(13)14/h2,7-8,10H,1,3-5,11-12H2,(H,13,14)/t7?,8-/m0/s1. The largest absolute Gasteiger partial charge is 0.480 e. The maximum Gasteiger partial charge on any atom is 0.320 e. The van der Waals surface area contributed by atoms with E-state index in [1.807, 2.05) is 0 Å². The van der Waals surface area contributed by atoms with Gasteiger partial charge in [0.1, 0.15) is 6.04 Å². The molecule has 0 saturated carbocycles. The highest BCUT2D eigenvalue weighted by Gasteiger charge is 2.14. The Balaban J connectivity index is 3.83. The van der Waals surface area contributed by atoms with Crippen LogP contribution < -0.4 is 11.5 Å². The van der Waals surface area contributed by atoms with Crippen molar-refractivity contribution in [1.82, 2.24) is 0 Å². The highest BCUT2D eigenvalue weighted by atomic mass is 16.4. The predicted molar refractivity (Wildman–Crippen MR) is 55.4 cm³/mol. The van der Waals surface area contributed by atoms with Crippen LogP contribution in [0.25, 0.3) is 0 Å². The molecule has 0 aliphatic heterocycles. The Morgan fingerprint density at radius 2 is 1.93 bits per heavy atom. The molecule has 1 unspecified atom stereocenters. The van der Waals surface area contributed by atoms with Gasteiger partial charge in [0.2, 0.25) is 0 Å². The Morgan fingerprint density at radius 1 is 1.43 bits per heavy atom. The summed E-state index contributed by atoms with van der Waals surface area (Å²) in [7, 11) is 0. The van der Waals surface area contributed by atoms with Gasteiger partial charge in [0.15, 0.2) is 0 Å². The van der Waals surface area contributed by atoms with Crippen molar-refractivity contribution < 1.29 is 9.90 Å². The topological polar surface area (TPSA) is 113 Å². The minimum Gasteiger partial charge on any atom is -0.480 e. The Labute approximate surface area is 83.3 Å². The van der Waals surface area contributed by atoms with Gasteiger partial charge in [0.25, 0.3) is 0 Å². The molecule has 0 aliphatic rings. The first kappa shape index (κ1) is 12.8. The van der Waals surface area contributed by atoms with Gasteiger partial charge in [-0.15, -0.1) is 6.58 Å². The lowest BCUT2D eigenvalue weighted by molar-refractivity contribution is -0.138. The fourth-order valence-electron chi connectivity index (χ4n) is 0.964. The minimum absolute atomic E-state index is 0.288. The first-order chi connectivity index (χ1) is 6.49. The molecule has 0 heterocycles. The van der Waals surface area contributed by atoms with E-state index < -0.39 is 18.1 Å². The van der Waals surface area contributed by atoms with E-state index in [4.69, 9.17) is 22.0 Å². The van der Waals surface area contributed by atoms with Crippen molar-refractivity contribution >= 4 is 11.7 Å². The van der Waals surface area contributed by atoms with Gasteiger partial charge in [0.05, 0.1) is 0 Å². The Kier molecular flexibility index (Phi) is 5.74. The van der Waals surface area contributed by atoms with Crippen LogP contribution in [0.15, 0.2) is 12.7 Å². The molecule has 0 aliphatic carbocycles. The van der Waals surface area contributed by atoms with Gasteiger partial charge in [-0.1, -0.05) is 6.08 Å². The molecule has 14 heavy (non-hydrogen) atoms. The SMILES string of the molecule is C=CCC(=N)C(N)CC[C@H](N)C(=O)O. The van der Waals surface area contributed by atoms with Crippen LogP contribution in [0.2, 0.25) is 0 Å². The van der Waals surface area contributed by atoms with E-state index in [2.05, 4.69) is 6.58 Å². The zero-order valence-corrected chi connectivity index (χ0v) is 8.07. The van der Waals surface area contributed by atoms with E-state index in [0.717, 1.165) is 0 Å². The van der Waals surface area contributed by atoms with Gasteiger partial charge in [-0.3, -0.25) is 4.79 Å². The summed E-state index contributed by atoms with van der Waals surface area (Å²) in [5.74, 6) is -1.03. The molecule has 0 saturated heterocycles. The number of hydrogen-bond donors (Lipinski definition) is 4. The molecule has 0 radical (unpaired) electrons. The van der Waals surface area contributed by atoms with Crippen LogP contribution in [-0.2, 0) is 4.79 Å². The van der Waals surface area contributed by atoms with Crippen molar-refractivity contribution in [3.63, 3.8) is 0 Å². The lowest BCUT2D eigenvalue weighted by atomic mass is 10.0. The summed E-state index contributed by atoms with van der Waals surface area (Å²) in [6, 6.07) is -1.31. The van der Waals surface area contributed by atoms with Gasteiger partial charge in [0, 0.05) is 18.2 Å². The first-order valence-electron chi connectivity index (χ1n) is 4.41. The Bertz CT molecular complexity index is 228. The second-order valence-electron chi connectivity index (χ2n) is 3.15. The molecule has 0 spiro atoms. The van der Waals surface area contributed by atoms with Crippen LogP contribution in [0.3, 0.4) is 0 Å². The normalized spacial score (nSPS) is 14.4. The summed E-state index contributed by atoms with van der Waals surface area (Å²) in [6.45, 7) is 3.49. The van der Waals surface area contributed by atoms with Gasteiger partial charge in [-0.05, 0) is 12.8 Å². The van der Waals surface area contributed by atoms with Gasteiger partial charge >= 0.3 is 5.97 Å². The quantitative estimate of drug-likeness (QED) is 0.344. The summed E-state index contributed by atoms with van der Waals surface area (Å²) in [4.78, 5) is 10.4. The van der Waals surface area contributed by atoms with Crippen molar-refractivity contribution in [2.24, 2.45) is 11.5 Å². The smallest absolute Gasteiger partial charge is 0.320 e. The summed E-state index contributed by atoms with van der Waals surface area (Å²) in [5, 5.41) is 16.0. The third kappa shape index (κ3) is 4.74. The van der Waals surface area contributed by atoms with E-state index in [1.54, 1.807) is 6.08 Å². The third-order valence-corrected chi connectivity index (χ3v) is 1.92. The average molecular weight is 199 g/mol. The number of aliphatic carboxylic acids is 1. The Morgan fingerprint density at radius 3 is 2.36 bits per heavy atom. The molecule has 2 atom stereocenters. The zero-order chi connectivity index (χ0) is 11.1. The van der Waals surface area contributed by atoms with E-state index >= 15 is 0 Å². The highest BCUT2D eigenvalue weighted by Crippen LogP contribution is 2.02. The molecule has 0 fully saturated rings. The van der Waals surface area contributed by atoms with Crippen LogP contribution >= 0.6 is 0 Å². The molecular weight excluding hydrogens is 182 g/mol. The summed E-state index contributed by atoms with van der Waals surface area (Å²) >= 11 is 0. The molecule has 6 N–H and O–H groups in total. The number of allylic oxidation sites excluding steroid dienone is 1. The van der Waals surface area contributed by atoms with Crippen molar-refractivity contribution in [2.45, 2.75) is 31.3 Å². The zero-order valence-electron chi connectivity index (χ0n) is 8.07. The van der Waals surface area contributed by atoms with Crippen molar-refractivity contribution in [2.75, 3.05) is 0 Å². The number of carbonyl (C=O) groups is 1. The van der Waals surface area contributed by atoms with Crippen LogP contribution in [0.5, 0.6) is 0 Å². The second kappa shape index (κ2) is 6.28. The molecule has 5 heteroatoms. The van der Waals surface area contributed by atoms with E-state index in [9.17, 15) is 4.79 Å². The number of carboxylic acid groups (broad SMARTS) is 1. The second-order valence-corrected chi connectivity index (χ2v) is 3.15. The highest BCUT2D eigenvalue weighted by molar-refractivity contribution is 5.87. The number of carboxylic acids is 1. The number of hydrogen-bond acceptors (Lipinski definition) is 4. The molecule has 0 amide bonds. The molecule has 0 bridgehead atoms. The van der Waals surface area contributed by atoms with E-state index in [-0.39, 0.29) is 6.42 Å². The molecule has 0 aromatic rings. The lowest BCUT2D eigenvalue weighted by Gasteiger charge is -2.13. The van der Waals surface area contributed by atoms with E-state index in [0.29, 0.717) is 18.6 Å². The van der Waals surface area contributed by atoms with Crippen LogP contribution in [0.1, 0.15) is 19.3 Å². The fraction of sp³-hybridized carbons (Fsp3) is 0.556. The maximum absolute atomic E-state index is 10.4. The van der Waals surface area contributed by atoms with E-state index in [1.165, 1.54) is 0 Å². The van der Waals surface area contributed by atoms with Crippen molar-refractivity contribution in [1.29, 1.82) is 5.41 Å². The lowest BCUT2D eigenvalue weighted by Crippen LogP contribution is -2.35. The van der Waals surface area contributed by atoms with Crippen LogP contribution in [0.4, 0.5) is 0 Å². The minimum atomic E-state index is -1.03.